The Kier molecular flexibility index (Phi) is 4.05. The van der Waals surface area contributed by atoms with Crippen LogP contribution >= 0.6 is 0 Å². The van der Waals surface area contributed by atoms with Crippen LogP contribution in [0.3, 0.4) is 0 Å². The minimum atomic E-state index is 0.124. The maximum atomic E-state index is 2.63. The number of anilines is 3. The van der Waals surface area contributed by atoms with E-state index < -0.39 is 0 Å². The lowest BCUT2D eigenvalue weighted by Crippen LogP contribution is -2.57. The summed E-state index contributed by atoms with van der Waals surface area (Å²) >= 11 is 0. The van der Waals surface area contributed by atoms with E-state index in [2.05, 4.69) is 128 Å². The normalized spacial score (nSPS) is 13.3. The number of hydrogen-bond acceptors (Lipinski definition) is 1. The number of hydrogen-bond donors (Lipinski definition) is 0. The third kappa shape index (κ3) is 2.66. The van der Waals surface area contributed by atoms with E-state index in [0.29, 0.717) is 0 Å². The summed E-state index contributed by atoms with van der Waals surface area (Å²) in [5.41, 5.74) is 17.2. The number of fused-ring (bicyclic) bond motifs is 7. The molecule has 0 unspecified atom stereocenters. The topological polar surface area (TPSA) is 8.17 Å². The standard InChI is InChI=1S/C34H27BN2/c1-20-15-21(2)18-24(17-20)36-31-14-8-10-26-28-12-7-11-27-25-9-5-6-13-30(25)37(34(27)28)35(32(26)31)29-19-22(3)16-23(4)33(29)36/h5-19H,1-4H3. The summed E-state index contributed by atoms with van der Waals surface area (Å²) in [7, 11) is 0. The molecule has 176 valence electrons. The number of nitrogens with zero attached hydrogens (tertiary/aromatic N) is 2. The first kappa shape index (κ1) is 20.9. The lowest BCUT2D eigenvalue weighted by molar-refractivity contribution is 1.21. The summed E-state index contributed by atoms with van der Waals surface area (Å²) in [4.78, 5) is 2.52. The number of rotatable bonds is 1. The molecule has 0 spiro atoms. The Labute approximate surface area is 217 Å². The van der Waals surface area contributed by atoms with Crippen molar-refractivity contribution in [3.05, 3.63) is 113 Å². The Bertz CT molecular complexity index is 1920. The molecule has 0 fully saturated rings. The average molecular weight is 474 g/mol. The maximum absolute atomic E-state index is 2.63. The Balaban J connectivity index is 1.58. The van der Waals surface area contributed by atoms with Crippen LogP contribution in [0.1, 0.15) is 22.3 Å². The highest BCUT2D eigenvalue weighted by atomic mass is 15.2. The zero-order chi connectivity index (χ0) is 25.0. The molecule has 8 rings (SSSR count). The molecule has 0 saturated heterocycles. The van der Waals surface area contributed by atoms with E-state index in [0.717, 1.165) is 0 Å². The van der Waals surface area contributed by atoms with Crippen molar-refractivity contribution in [3.63, 3.8) is 0 Å². The van der Waals surface area contributed by atoms with Gasteiger partial charge in [-0.3, -0.25) is 0 Å². The van der Waals surface area contributed by atoms with Crippen molar-refractivity contribution in [1.29, 1.82) is 0 Å². The summed E-state index contributed by atoms with van der Waals surface area (Å²) in [6.45, 7) is 9.03. The van der Waals surface area contributed by atoms with Crippen LogP contribution in [0, 0.1) is 27.7 Å². The summed E-state index contributed by atoms with van der Waals surface area (Å²) in [6.07, 6.45) is 0. The van der Waals surface area contributed by atoms with Crippen molar-refractivity contribution in [3.8, 4) is 11.1 Å². The van der Waals surface area contributed by atoms with Crippen LogP contribution in [0.5, 0.6) is 0 Å². The van der Waals surface area contributed by atoms with Gasteiger partial charge in [0.1, 0.15) is 0 Å². The van der Waals surface area contributed by atoms with Gasteiger partial charge in [0.15, 0.2) is 0 Å². The first-order valence-corrected chi connectivity index (χ1v) is 13.2. The molecule has 6 aromatic rings. The molecule has 2 aliphatic rings. The Hall–Kier alpha value is -4.24. The van der Waals surface area contributed by atoms with Gasteiger partial charge in [-0.05, 0) is 85.1 Å². The van der Waals surface area contributed by atoms with Crippen LogP contribution in [-0.4, -0.2) is 11.3 Å². The lowest BCUT2D eigenvalue weighted by atomic mass is 9.44. The molecule has 0 saturated carbocycles. The van der Waals surface area contributed by atoms with Crippen LogP contribution in [0.4, 0.5) is 17.1 Å². The average Bonchev–Trinajstić information content (AvgIpc) is 3.21. The van der Waals surface area contributed by atoms with Gasteiger partial charge in [0.05, 0.1) is 0 Å². The summed E-state index contributed by atoms with van der Waals surface area (Å²) in [6, 6.07) is 34.3. The molecule has 2 nitrogen and oxygen atoms in total. The third-order valence-corrected chi connectivity index (χ3v) is 8.33. The van der Waals surface area contributed by atoms with E-state index >= 15 is 0 Å². The molecule has 0 bridgehead atoms. The number of aromatic nitrogens is 1. The molecule has 0 amide bonds. The van der Waals surface area contributed by atoms with E-state index in [1.54, 1.807) is 0 Å². The first-order valence-electron chi connectivity index (χ1n) is 13.2. The van der Waals surface area contributed by atoms with Crippen molar-refractivity contribution in [1.82, 2.24) is 4.48 Å². The number of benzene rings is 5. The number of para-hydroxylation sites is 2. The molecule has 0 N–H and O–H groups in total. The second-order valence-electron chi connectivity index (χ2n) is 10.9. The maximum Gasteiger partial charge on any atom is 0.333 e. The van der Waals surface area contributed by atoms with Crippen LogP contribution in [0.25, 0.3) is 32.9 Å². The van der Waals surface area contributed by atoms with Gasteiger partial charge in [0.2, 0.25) is 0 Å². The minimum Gasteiger partial charge on any atom is -0.375 e. The Morgan fingerprint density at radius 3 is 2.16 bits per heavy atom. The molecule has 0 atom stereocenters. The second-order valence-corrected chi connectivity index (χ2v) is 10.9. The van der Waals surface area contributed by atoms with E-state index in [1.807, 2.05) is 0 Å². The van der Waals surface area contributed by atoms with E-state index in [9.17, 15) is 0 Å². The highest BCUT2D eigenvalue weighted by Gasteiger charge is 2.42. The Morgan fingerprint density at radius 1 is 0.622 bits per heavy atom. The number of aryl methyl sites for hydroxylation is 4. The third-order valence-electron chi connectivity index (χ3n) is 8.33. The quantitative estimate of drug-likeness (QED) is 0.225. The Morgan fingerprint density at radius 2 is 1.32 bits per heavy atom. The molecule has 2 aliphatic heterocycles. The highest BCUT2D eigenvalue weighted by molar-refractivity contribution is 6.90. The molecule has 37 heavy (non-hydrogen) atoms. The van der Waals surface area contributed by atoms with E-state index in [4.69, 9.17) is 0 Å². The fourth-order valence-corrected chi connectivity index (χ4v) is 7.21. The minimum absolute atomic E-state index is 0.124. The zero-order valence-corrected chi connectivity index (χ0v) is 21.6. The van der Waals surface area contributed by atoms with Crippen LogP contribution in [0.15, 0.2) is 91.0 Å². The molecule has 5 aromatic carbocycles. The molecular formula is C34H27BN2. The first-order chi connectivity index (χ1) is 18.0. The fraction of sp³-hybridized carbons (Fsp3) is 0.118. The molecule has 3 heterocycles. The van der Waals surface area contributed by atoms with Crippen molar-refractivity contribution in [2.45, 2.75) is 27.7 Å². The smallest absolute Gasteiger partial charge is 0.333 e. The van der Waals surface area contributed by atoms with Gasteiger partial charge in [-0.2, -0.15) is 0 Å². The zero-order valence-electron chi connectivity index (χ0n) is 21.6. The molecule has 0 radical (unpaired) electrons. The van der Waals surface area contributed by atoms with Gasteiger partial charge >= 0.3 is 6.85 Å². The summed E-state index contributed by atoms with van der Waals surface area (Å²) < 4.78 is 2.63. The van der Waals surface area contributed by atoms with Gasteiger partial charge in [-0.15, -0.1) is 0 Å². The molecular weight excluding hydrogens is 447 g/mol. The molecule has 3 heteroatoms. The van der Waals surface area contributed by atoms with Crippen molar-refractivity contribution in [2.75, 3.05) is 4.90 Å². The van der Waals surface area contributed by atoms with Crippen LogP contribution < -0.4 is 15.8 Å². The SMILES string of the molecule is Cc1cc(C)cc(N2c3cccc4c3B(c3cc(C)cc(C)c32)n2c3ccccc3c3cccc-4c32)c1. The van der Waals surface area contributed by atoms with Gasteiger partial charge in [-0.25, -0.2) is 0 Å². The summed E-state index contributed by atoms with van der Waals surface area (Å²) in [5.74, 6) is 0. The van der Waals surface area contributed by atoms with Crippen LogP contribution in [0.2, 0.25) is 0 Å². The predicted octanol–water partition coefficient (Wildman–Crippen LogP) is 7.45. The van der Waals surface area contributed by atoms with Crippen LogP contribution in [-0.2, 0) is 0 Å². The second kappa shape index (κ2) is 7.17. The van der Waals surface area contributed by atoms with Gasteiger partial charge in [0, 0.05) is 44.4 Å². The van der Waals surface area contributed by atoms with E-state index in [1.165, 1.54) is 83.2 Å². The van der Waals surface area contributed by atoms with Crippen molar-refractivity contribution < 1.29 is 0 Å². The monoisotopic (exact) mass is 474 g/mol. The van der Waals surface area contributed by atoms with E-state index in [-0.39, 0.29) is 6.85 Å². The predicted molar refractivity (Wildman–Crippen MR) is 159 cm³/mol. The molecule has 0 aliphatic carbocycles. The summed E-state index contributed by atoms with van der Waals surface area (Å²) in [5, 5.41) is 2.67. The lowest BCUT2D eigenvalue weighted by Gasteiger charge is -2.41. The van der Waals surface area contributed by atoms with Gasteiger partial charge < -0.3 is 9.38 Å². The van der Waals surface area contributed by atoms with Gasteiger partial charge in [0.25, 0.3) is 0 Å². The van der Waals surface area contributed by atoms with Gasteiger partial charge in [-0.1, -0.05) is 72.3 Å². The fourth-order valence-electron chi connectivity index (χ4n) is 7.21. The van der Waals surface area contributed by atoms with Crippen molar-refractivity contribution in [2.24, 2.45) is 0 Å². The van der Waals surface area contributed by atoms with Crippen molar-refractivity contribution >= 4 is 56.6 Å². The largest absolute Gasteiger partial charge is 0.375 e. The highest BCUT2D eigenvalue weighted by Crippen LogP contribution is 2.45. The molecule has 1 aromatic heterocycles.